The quantitative estimate of drug-likeness (QED) is 0.481. The number of benzene rings is 2. The van der Waals surface area contributed by atoms with Gasteiger partial charge in [-0.3, -0.25) is 14.7 Å². The lowest BCUT2D eigenvalue weighted by Gasteiger charge is -2.29. The van der Waals surface area contributed by atoms with Crippen molar-refractivity contribution in [3.63, 3.8) is 0 Å². The van der Waals surface area contributed by atoms with Crippen LogP contribution in [0.2, 0.25) is 0 Å². The van der Waals surface area contributed by atoms with E-state index in [1.165, 1.54) is 0 Å². The van der Waals surface area contributed by atoms with Gasteiger partial charge in [0.2, 0.25) is 5.95 Å². The highest BCUT2D eigenvalue weighted by atomic mass is 16.5. The average molecular weight is 439 g/mol. The fraction of sp³-hybridized carbons (Fsp3) is 0.120. The van der Waals surface area contributed by atoms with Crippen LogP contribution in [0.4, 0.5) is 17.3 Å². The van der Waals surface area contributed by atoms with Crippen LogP contribution in [0, 0.1) is 0 Å². The van der Waals surface area contributed by atoms with Gasteiger partial charge in [-0.1, -0.05) is 12.1 Å². The first-order chi connectivity index (χ1) is 16.2. The fourth-order valence-corrected chi connectivity index (χ4v) is 3.60. The number of ether oxygens (including phenoxy) is 2. The van der Waals surface area contributed by atoms with Crippen molar-refractivity contribution in [2.75, 3.05) is 23.9 Å². The SMILES string of the molecule is COc1cccc(Nc2nccc(-c3ccc4c(c3)N(Cc3ccccn3)C(=O)CO4)n2)c1. The number of aromatic nitrogens is 3. The van der Waals surface area contributed by atoms with Crippen LogP contribution in [-0.4, -0.2) is 34.6 Å². The normalized spacial score (nSPS) is 12.6. The van der Waals surface area contributed by atoms with Gasteiger partial charge in [0, 0.05) is 29.7 Å². The second-order valence-electron chi connectivity index (χ2n) is 7.39. The standard InChI is InChI=1S/C25H21N5O3/c1-32-20-7-4-6-18(14-20)28-25-27-12-10-21(29-25)17-8-9-23-22(13-17)30(24(31)16-33-23)15-19-5-2-3-11-26-19/h2-14H,15-16H2,1H3,(H,27,28,29). The Kier molecular flexibility index (Phi) is 5.55. The summed E-state index contributed by atoms with van der Waals surface area (Å²) >= 11 is 0. The fourth-order valence-electron chi connectivity index (χ4n) is 3.60. The van der Waals surface area contributed by atoms with Gasteiger partial charge in [0.05, 0.1) is 30.7 Å². The van der Waals surface area contributed by atoms with E-state index in [2.05, 4.69) is 20.3 Å². The van der Waals surface area contributed by atoms with E-state index in [1.807, 2.05) is 66.7 Å². The van der Waals surface area contributed by atoms with Crippen molar-refractivity contribution in [1.82, 2.24) is 15.0 Å². The third-order valence-corrected chi connectivity index (χ3v) is 5.23. The van der Waals surface area contributed by atoms with Crippen molar-refractivity contribution in [3.05, 3.63) is 84.8 Å². The smallest absolute Gasteiger partial charge is 0.265 e. The molecular formula is C25H21N5O3. The Hall–Kier alpha value is -4.46. The molecule has 1 amide bonds. The summed E-state index contributed by atoms with van der Waals surface area (Å²) in [6, 6.07) is 20.7. The van der Waals surface area contributed by atoms with E-state index in [-0.39, 0.29) is 12.5 Å². The molecule has 0 fully saturated rings. The Morgan fingerprint density at radius 1 is 1.03 bits per heavy atom. The molecule has 1 N–H and O–H groups in total. The summed E-state index contributed by atoms with van der Waals surface area (Å²) in [6.45, 7) is 0.368. The number of hydrogen-bond donors (Lipinski definition) is 1. The van der Waals surface area contributed by atoms with Gasteiger partial charge in [-0.25, -0.2) is 9.97 Å². The first-order valence-corrected chi connectivity index (χ1v) is 10.4. The molecule has 0 aliphatic carbocycles. The maximum Gasteiger partial charge on any atom is 0.265 e. The van der Waals surface area contributed by atoms with Crippen LogP contribution in [-0.2, 0) is 11.3 Å². The third kappa shape index (κ3) is 4.45. The number of carbonyl (C=O) groups excluding carboxylic acids is 1. The minimum Gasteiger partial charge on any atom is -0.497 e. The number of carbonyl (C=O) groups is 1. The minimum absolute atomic E-state index is 0.00128. The topological polar surface area (TPSA) is 89.5 Å². The van der Waals surface area contributed by atoms with E-state index < -0.39 is 0 Å². The van der Waals surface area contributed by atoms with Gasteiger partial charge in [-0.05, 0) is 48.5 Å². The first-order valence-electron chi connectivity index (χ1n) is 10.4. The largest absolute Gasteiger partial charge is 0.497 e. The van der Waals surface area contributed by atoms with Crippen LogP contribution >= 0.6 is 0 Å². The van der Waals surface area contributed by atoms with Crippen LogP contribution in [0.1, 0.15) is 5.69 Å². The summed E-state index contributed by atoms with van der Waals surface area (Å²) in [4.78, 5) is 27.7. The van der Waals surface area contributed by atoms with Crippen molar-refractivity contribution in [2.45, 2.75) is 6.54 Å². The van der Waals surface area contributed by atoms with E-state index in [9.17, 15) is 4.79 Å². The second-order valence-corrected chi connectivity index (χ2v) is 7.39. The number of rotatable bonds is 6. The van der Waals surface area contributed by atoms with Gasteiger partial charge >= 0.3 is 0 Å². The molecule has 1 aliphatic heterocycles. The molecule has 0 bridgehead atoms. The summed E-state index contributed by atoms with van der Waals surface area (Å²) in [6.07, 6.45) is 3.41. The molecule has 1 aliphatic rings. The second kappa shape index (κ2) is 8.96. The number of fused-ring (bicyclic) bond motifs is 1. The lowest BCUT2D eigenvalue weighted by molar-refractivity contribution is -0.121. The summed E-state index contributed by atoms with van der Waals surface area (Å²) in [5, 5.41) is 3.20. The molecule has 0 atom stereocenters. The highest BCUT2D eigenvalue weighted by molar-refractivity contribution is 5.98. The Morgan fingerprint density at radius 3 is 2.82 bits per heavy atom. The van der Waals surface area contributed by atoms with E-state index in [0.29, 0.717) is 29.6 Å². The van der Waals surface area contributed by atoms with Crippen molar-refractivity contribution in [1.29, 1.82) is 0 Å². The Morgan fingerprint density at radius 2 is 1.97 bits per heavy atom. The summed E-state index contributed by atoms with van der Waals surface area (Å²) in [5.74, 6) is 1.73. The zero-order valence-electron chi connectivity index (χ0n) is 17.9. The zero-order chi connectivity index (χ0) is 22.6. The number of nitrogens with one attached hydrogen (secondary N) is 1. The number of pyridine rings is 1. The number of nitrogens with zero attached hydrogens (tertiary/aromatic N) is 4. The number of hydrogen-bond acceptors (Lipinski definition) is 7. The van der Waals surface area contributed by atoms with E-state index >= 15 is 0 Å². The molecule has 0 radical (unpaired) electrons. The highest BCUT2D eigenvalue weighted by Gasteiger charge is 2.26. The predicted octanol–water partition coefficient (Wildman–Crippen LogP) is 4.22. The van der Waals surface area contributed by atoms with Gasteiger partial charge < -0.3 is 14.8 Å². The summed E-state index contributed by atoms with van der Waals surface area (Å²) in [7, 11) is 1.62. The van der Waals surface area contributed by atoms with Gasteiger partial charge in [0.1, 0.15) is 11.5 Å². The molecule has 2 aromatic carbocycles. The number of amides is 1. The molecule has 3 heterocycles. The maximum atomic E-state index is 12.6. The van der Waals surface area contributed by atoms with Crippen molar-refractivity contribution in [3.8, 4) is 22.8 Å². The molecule has 5 rings (SSSR count). The molecule has 4 aromatic rings. The molecule has 33 heavy (non-hydrogen) atoms. The molecule has 8 heteroatoms. The highest BCUT2D eigenvalue weighted by Crippen LogP contribution is 2.36. The lowest BCUT2D eigenvalue weighted by Crippen LogP contribution is -2.38. The van der Waals surface area contributed by atoms with Crippen LogP contribution in [0.25, 0.3) is 11.3 Å². The van der Waals surface area contributed by atoms with Gasteiger partial charge in [-0.2, -0.15) is 0 Å². The van der Waals surface area contributed by atoms with Crippen molar-refractivity contribution < 1.29 is 14.3 Å². The predicted molar refractivity (Wildman–Crippen MR) is 125 cm³/mol. The number of anilines is 3. The maximum absolute atomic E-state index is 12.6. The zero-order valence-corrected chi connectivity index (χ0v) is 17.9. The van der Waals surface area contributed by atoms with Crippen molar-refractivity contribution >= 4 is 23.2 Å². The van der Waals surface area contributed by atoms with Crippen LogP contribution in [0.15, 0.2) is 79.1 Å². The molecule has 0 unspecified atom stereocenters. The summed E-state index contributed by atoms with van der Waals surface area (Å²) in [5.41, 5.74) is 3.87. The van der Waals surface area contributed by atoms with Crippen LogP contribution in [0.3, 0.4) is 0 Å². The van der Waals surface area contributed by atoms with E-state index in [1.54, 1.807) is 24.4 Å². The third-order valence-electron chi connectivity index (χ3n) is 5.23. The number of methoxy groups -OCH3 is 1. The van der Waals surface area contributed by atoms with Gasteiger partial charge in [0.15, 0.2) is 6.61 Å². The lowest BCUT2D eigenvalue weighted by atomic mass is 10.1. The van der Waals surface area contributed by atoms with Gasteiger partial charge in [-0.15, -0.1) is 0 Å². The average Bonchev–Trinajstić information content (AvgIpc) is 2.86. The van der Waals surface area contributed by atoms with E-state index in [4.69, 9.17) is 9.47 Å². The first kappa shape index (κ1) is 20.4. The van der Waals surface area contributed by atoms with Gasteiger partial charge in [0.25, 0.3) is 5.91 Å². The van der Waals surface area contributed by atoms with E-state index in [0.717, 1.165) is 22.7 Å². The Labute approximate surface area is 190 Å². The minimum atomic E-state index is -0.117. The molecular weight excluding hydrogens is 418 g/mol. The summed E-state index contributed by atoms with van der Waals surface area (Å²) < 4.78 is 10.9. The Bertz CT molecular complexity index is 1300. The molecule has 0 saturated heterocycles. The molecule has 2 aromatic heterocycles. The molecule has 164 valence electrons. The molecule has 0 spiro atoms. The van der Waals surface area contributed by atoms with Crippen LogP contribution < -0.4 is 19.7 Å². The Balaban J connectivity index is 1.45. The monoisotopic (exact) mass is 439 g/mol. The van der Waals surface area contributed by atoms with Crippen molar-refractivity contribution in [2.24, 2.45) is 0 Å². The van der Waals surface area contributed by atoms with Crippen LogP contribution in [0.5, 0.6) is 11.5 Å². The molecule has 0 saturated carbocycles. The molecule has 8 nitrogen and oxygen atoms in total.